The Morgan fingerprint density at radius 2 is 1.52 bits per heavy atom. The molecule has 2 fully saturated rings. The molecule has 2 aliphatic heterocycles. The summed E-state index contributed by atoms with van der Waals surface area (Å²) in [6, 6.07) is -0.654. The zero-order valence-corrected chi connectivity index (χ0v) is 12.3. The zero-order valence-electron chi connectivity index (χ0n) is 12.3. The van der Waals surface area contributed by atoms with E-state index < -0.39 is 12.0 Å². The molecule has 0 aromatic heterocycles. The summed E-state index contributed by atoms with van der Waals surface area (Å²) in [5, 5.41) is 9.17. The normalized spacial score (nSPS) is 22.9. The minimum Gasteiger partial charge on any atom is -0.480 e. The van der Waals surface area contributed by atoms with Gasteiger partial charge in [-0.15, -0.1) is 0 Å². The second-order valence-corrected chi connectivity index (χ2v) is 5.45. The first kappa shape index (κ1) is 15.6. The molecule has 3 amide bonds. The average molecular weight is 298 g/mol. The molecule has 2 heterocycles. The van der Waals surface area contributed by atoms with Crippen molar-refractivity contribution in [1.29, 1.82) is 0 Å². The molecular formula is C13H22N4O4. The summed E-state index contributed by atoms with van der Waals surface area (Å²) in [6.07, 6.45) is 0.764. The van der Waals surface area contributed by atoms with Crippen molar-refractivity contribution >= 4 is 18.4 Å². The summed E-state index contributed by atoms with van der Waals surface area (Å²) < 4.78 is 0. The second kappa shape index (κ2) is 6.75. The van der Waals surface area contributed by atoms with Crippen LogP contribution in [0.5, 0.6) is 0 Å². The number of hydrogen-bond acceptors (Lipinski definition) is 4. The van der Waals surface area contributed by atoms with Crippen molar-refractivity contribution < 1.29 is 19.5 Å². The van der Waals surface area contributed by atoms with E-state index in [4.69, 9.17) is 0 Å². The fraction of sp³-hybridized carbons (Fsp3) is 0.769. The Hall–Kier alpha value is -1.83. The van der Waals surface area contributed by atoms with Crippen LogP contribution in [0.2, 0.25) is 0 Å². The first-order valence-corrected chi connectivity index (χ1v) is 7.23. The molecule has 0 aromatic rings. The fourth-order valence-electron chi connectivity index (χ4n) is 2.68. The van der Waals surface area contributed by atoms with Crippen LogP contribution in [0.4, 0.5) is 4.79 Å². The van der Waals surface area contributed by atoms with E-state index in [2.05, 4.69) is 0 Å². The third kappa shape index (κ3) is 3.63. The molecule has 1 unspecified atom stereocenters. The fourth-order valence-corrected chi connectivity index (χ4v) is 2.68. The third-order valence-corrected chi connectivity index (χ3v) is 4.22. The van der Waals surface area contributed by atoms with E-state index >= 15 is 0 Å². The van der Waals surface area contributed by atoms with Crippen LogP contribution in [0.1, 0.15) is 6.92 Å². The Morgan fingerprint density at radius 3 is 2.10 bits per heavy atom. The van der Waals surface area contributed by atoms with Crippen molar-refractivity contribution in [3.63, 3.8) is 0 Å². The van der Waals surface area contributed by atoms with Crippen LogP contribution in [0, 0.1) is 0 Å². The lowest BCUT2D eigenvalue weighted by atomic mass is 10.2. The first-order valence-electron chi connectivity index (χ1n) is 7.23. The van der Waals surface area contributed by atoms with Gasteiger partial charge < -0.3 is 19.8 Å². The van der Waals surface area contributed by atoms with Crippen LogP contribution in [0.15, 0.2) is 0 Å². The van der Waals surface area contributed by atoms with Gasteiger partial charge in [-0.05, 0) is 6.92 Å². The number of carboxylic acid groups (broad SMARTS) is 1. The molecule has 8 heteroatoms. The molecule has 1 atom stereocenters. The Labute approximate surface area is 123 Å². The van der Waals surface area contributed by atoms with Gasteiger partial charge in [0.25, 0.3) is 0 Å². The lowest BCUT2D eigenvalue weighted by Crippen LogP contribution is -2.46. The number of hydrogen-bond donors (Lipinski definition) is 1. The zero-order chi connectivity index (χ0) is 15.4. The first-order chi connectivity index (χ1) is 10.0. The SMILES string of the molecule is CC(C(=O)O)N1CCN(C=O)CCN2CCN(CC1)C2=O. The highest BCUT2D eigenvalue weighted by Gasteiger charge is 2.30. The van der Waals surface area contributed by atoms with Gasteiger partial charge in [0, 0.05) is 52.4 Å². The molecule has 0 radical (unpaired) electrons. The highest BCUT2D eigenvalue weighted by atomic mass is 16.4. The quantitative estimate of drug-likeness (QED) is 0.674. The molecule has 2 aliphatic rings. The van der Waals surface area contributed by atoms with Crippen LogP contribution in [-0.2, 0) is 9.59 Å². The van der Waals surface area contributed by atoms with E-state index in [1.165, 1.54) is 0 Å². The smallest absolute Gasteiger partial charge is 0.320 e. The monoisotopic (exact) mass is 298 g/mol. The highest BCUT2D eigenvalue weighted by Crippen LogP contribution is 2.11. The van der Waals surface area contributed by atoms with Gasteiger partial charge in [0.2, 0.25) is 6.41 Å². The van der Waals surface area contributed by atoms with E-state index in [0.29, 0.717) is 52.4 Å². The van der Waals surface area contributed by atoms with Crippen molar-refractivity contribution in [1.82, 2.24) is 19.6 Å². The molecular weight excluding hydrogens is 276 g/mol. The van der Waals surface area contributed by atoms with Crippen molar-refractivity contribution in [2.45, 2.75) is 13.0 Å². The lowest BCUT2D eigenvalue weighted by Gasteiger charge is -2.29. The maximum absolute atomic E-state index is 12.2. The van der Waals surface area contributed by atoms with Crippen molar-refractivity contribution in [3.05, 3.63) is 0 Å². The molecule has 0 spiro atoms. The predicted octanol–water partition coefficient (Wildman–Crippen LogP) is -1.03. The Balaban J connectivity index is 2.10. The minimum absolute atomic E-state index is 0.0225. The van der Waals surface area contributed by atoms with Crippen molar-refractivity contribution in [2.75, 3.05) is 52.4 Å². The lowest BCUT2D eigenvalue weighted by molar-refractivity contribution is -0.142. The topological polar surface area (TPSA) is 84.4 Å². The van der Waals surface area contributed by atoms with Gasteiger partial charge in [-0.1, -0.05) is 0 Å². The Kier molecular flexibility index (Phi) is 5.00. The maximum atomic E-state index is 12.2. The third-order valence-electron chi connectivity index (χ3n) is 4.22. The van der Waals surface area contributed by atoms with E-state index in [0.717, 1.165) is 6.41 Å². The van der Waals surface area contributed by atoms with Gasteiger partial charge in [-0.3, -0.25) is 14.5 Å². The number of aliphatic carboxylic acids is 1. The predicted molar refractivity (Wildman–Crippen MR) is 74.8 cm³/mol. The van der Waals surface area contributed by atoms with Crippen LogP contribution < -0.4 is 0 Å². The van der Waals surface area contributed by atoms with E-state index in [1.807, 2.05) is 0 Å². The summed E-state index contributed by atoms with van der Waals surface area (Å²) >= 11 is 0. The summed E-state index contributed by atoms with van der Waals surface area (Å²) in [7, 11) is 0. The molecule has 0 saturated carbocycles. The molecule has 1 N–H and O–H groups in total. The summed E-state index contributed by atoms with van der Waals surface area (Å²) in [4.78, 5) is 41.3. The molecule has 0 aromatic carbocycles. The standard InChI is InChI=1S/C13H22N4O4/c1-11(12(19)20)15-4-2-14(10-18)3-5-16-8-9-17(7-6-15)13(16)21/h10-11H,2-9H2,1H3,(H,19,20). The molecule has 118 valence electrons. The minimum atomic E-state index is -0.892. The van der Waals surface area contributed by atoms with Gasteiger partial charge in [-0.25, -0.2) is 4.79 Å². The molecule has 2 rings (SSSR count). The van der Waals surface area contributed by atoms with Crippen LogP contribution >= 0.6 is 0 Å². The number of carboxylic acids is 1. The number of urea groups is 1. The van der Waals surface area contributed by atoms with E-state index in [-0.39, 0.29) is 6.03 Å². The van der Waals surface area contributed by atoms with Crippen LogP contribution in [0.3, 0.4) is 0 Å². The number of rotatable bonds is 3. The number of nitrogens with zero attached hydrogens (tertiary/aromatic N) is 4. The van der Waals surface area contributed by atoms with Crippen LogP contribution in [0.25, 0.3) is 0 Å². The summed E-state index contributed by atoms with van der Waals surface area (Å²) in [5.74, 6) is -0.892. The van der Waals surface area contributed by atoms with Crippen molar-refractivity contribution in [2.24, 2.45) is 0 Å². The number of amides is 3. The maximum Gasteiger partial charge on any atom is 0.320 e. The molecule has 0 aliphatic carbocycles. The number of carbonyl (C=O) groups excluding carboxylic acids is 2. The summed E-state index contributed by atoms with van der Waals surface area (Å²) in [6.45, 7) is 5.96. The van der Waals surface area contributed by atoms with Gasteiger partial charge in [0.05, 0.1) is 0 Å². The van der Waals surface area contributed by atoms with Gasteiger partial charge in [-0.2, -0.15) is 0 Å². The molecule has 8 nitrogen and oxygen atoms in total. The highest BCUT2D eigenvalue weighted by molar-refractivity contribution is 5.76. The van der Waals surface area contributed by atoms with Crippen LogP contribution in [-0.4, -0.2) is 102 Å². The number of carbonyl (C=O) groups is 3. The molecule has 2 bridgehead atoms. The Bertz CT molecular complexity index is 417. The second-order valence-electron chi connectivity index (χ2n) is 5.45. The molecule has 2 saturated heterocycles. The van der Waals surface area contributed by atoms with Crippen molar-refractivity contribution in [3.8, 4) is 0 Å². The van der Waals surface area contributed by atoms with Gasteiger partial charge in [0.15, 0.2) is 0 Å². The van der Waals surface area contributed by atoms with E-state index in [9.17, 15) is 19.5 Å². The number of fused-ring (bicyclic) bond motifs is 2. The molecule has 21 heavy (non-hydrogen) atoms. The van der Waals surface area contributed by atoms with E-state index in [1.54, 1.807) is 26.5 Å². The largest absolute Gasteiger partial charge is 0.480 e. The summed E-state index contributed by atoms with van der Waals surface area (Å²) in [5.41, 5.74) is 0. The van der Waals surface area contributed by atoms with Gasteiger partial charge >= 0.3 is 12.0 Å². The van der Waals surface area contributed by atoms with Gasteiger partial charge in [0.1, 0.15) is 6.04 Å². The Morgan fingerprint density at radius 1 is 1.05 bits per heavy atom. The average Bonchev–Trinajstić information content (AvgIpc) is 2.79.